The fourth-order valence-corrected chi connectivity index (χ4v) is 3.75. The van der Waals surface area contributed by atoms with Gasteiger partial charge in [-0.3, -0.25) is 19.2 Å². The lowest BCUT2D eigenvalue weighted by molar-refractivity contribution is -0.123. The third-order valence-corrected chi connectivity index (χ3v) is 5.41. The van der Waals surface area contributed by atoms with Gasteiger partial charge in [-0.05, 0) is 42.8 Å². The summed E-state index contributed by atoms with van der Waals surface area (Å²) in [5.74, 6) is -1.06. The summed E-state index contributed by atoms with van der Waals surface area (Å²) in [6.07, 6.45) is 1.22. The number of ether oxygens (including phenoxy) is 1. The van der Waals surface area contributed by atoms with Crippen molar-refractivity contribution in [2.45, 2.75) is 12.8 Å². The number of hydrogen-bond donors (Lipinski definition) is 3. The van der Waals surface area contributed by atoms with Crippen LogP contribution >= 0.6 is 23.2 Å². The second-order valence-electron chi connectivity index (χ2n) is 7.17. The van der Waals surface area contributed by atoms with E-state index in [1.165, 1.54) is 25.3 Å². The maximum atomic E-state index is 12.2. The Morgan fingerprint density at radius 1 is 1.03 bits per heavy atom. The third kappa shape index (κ3) is 6.36. The largest absolute Gasteiger partial charge is 0.495 e. The lowest BCUT2D eigenvalue weighted by atomic mass is 10.2. The molecular formula is C22H22Cl2N4O5. The molecule has 0 unspecified atom stereocenters. The summed E-state index contributed by atoms with van der Waals surface area (Å²) in [5, 5.41) is 8.06. The van der Waals surface area contributed by atoms with Gasteiger partial charge in [0.15, 0.2) is 0 Å². The summed E-state index contributed by atoms with van der Waals surface area (Å²) < 4.78 is 5.32. The molecule has 0 aliphatic carbocycles. The molecule has 3 N–H and O–H groups in total. The maximum absolute atomic E-state index is 12.2. The van der Waals surface area contributed by atoms with Gasteiger partial charge in [-0.25, -0.2) is 0 Å². The predicted molar refractivity (Wildman–Crippen MR) is 125 cm³/mol. The van der Waals surface area contributed by atoms with Crippen molar-refractivity contribution in [2.24, 2.45) is 0 Å². The van der Waals surface area contributed by atoms with Crippen LogP contribution in [0.15, 0.2) is 36.4 Å². The molecule has 0 atom stereocenters. The number of nitrogens with zero attached hydrogens (tertiary/aromatic N) is 1. The van der Waals surface area contributed by atoms with E-state index in [9.17, 15) is 19.2 Å². The molecule has 9 nitrogen and oxygen atoms in total. The average Bonchev–Trinajstić information content (AvgIpc) is 3.21. The minimum Gasteiger partial charge on any atom is -0.495 e. The molecule has 33 heavy (non-hydrogen) atoms. The minimum absolute atomic E-state index is 0.00836. The van der Waals surface area contributed by atoms with Gasteiger partial charge < -0.3 is 25.6 Å². The van der Waals surface area contributed by atoms with E-state index in [0.717, 1.165) is 6.42 Å². The van der Waals surface area contributed by atoms with Crippen molar-refractivity contribution >= 4 is 58.2 Å². The average molecular weight is 493 g/mol. The van der Waals surface area contributed by atoms with Crippen LogP contribution < -0.4 is 25.6 Å². The number of nitrogens with one attached hydrogen (secondary N) is 3. The van der Waals surface area contributed by atoms with Gasteiger partial charge in [-0.2, -0.15) is 0 Å². The van der Waals surface area contributed by atoms with Gasteiger partial charge >= 0.3 is 0 Å². The molecule has 1 saturated heterocycles. The first-order valence-electron chi connectivity index (χ1n) is 10.1. The van der Waals surface area contributed by atoms with Crippen LogP contribution in [0.4, 0.5) is 11.4 Å². The first-order chi connectivity index (χ1) is 15.8. The molecule has 0 saturated carbocycles. The lowest BCUT2D eigenvalue weighted by Gasteiger charge is -2.20. The lowest BCUT2D eigenvalue weighted by Crippen LogP contribution is -2.40. The minimum atomic E-state index is -0.554. The van der Waals surface area contributed by atoms with Gasteiger partial charge in [-0.15, -0.1) is 0 Å². The molecule has 0 bridgehead atoms. The normalized spacial score (nSPS) is 12.9. The molecule has 1 aliphatic heterocycles. The number of hydrogen-bond acceptors (Lipinski definition) is 5. The van der Waals surface area contributed by atoms with Crippen LogP contribution in [0, 0.1) is 0 Å². The van der Waals surface area contributed by atoms with Crippen molar-refractivity contribution < 1.29 is 23.9 Å². The summed E-state index contributed by atoms with van der Waals surface area (Å²) in [7, 11) is 1.51. The van der Waals surface area contributed by atoms with Crippen molar-refractivity contribution in [3.63, 3.8) is 0 Å². The van der Waals surface area contributed by atoms with Crippen LogP contribution in [-0.2, 0) is 14.4 Å². The Bertz CT molecular complexity index is 1090. The summed E-state index contributed by atoms with van der Waals surface area (Å²) in [6.45, 7) is -0.0646. The van der Waals surface area contributed by atoms with Gasteiger partial charge in [0.25, 0.3) is 5.91 Å². The SMILES string of the molecule is COc1ccc(NC(=O)CNC(=O)CNC(=O)c2ccc(Cl)cc2Cl)cc1N1CCCC1=O. The first-order valence-corrected chi connectivity index (χ1v) is 10.8. The second-order valence-corrected chi connectivity index (χ2v) is 8.01. The number of anilines is 2. The molecule has 0 radical (unpaired) electrons. The van der Waals surface area contributed by atoms with Gasteiger partial charge in [0, 0.05) is 23.7 Å². The van der Waals surface area contributed by atoms with Crippen molar-refractivity contribution in [3.8, 4) is 5.75 Å². The zero-order chi connectivity index (χ0) is 24.0. The van der Waals surface area contributed by atoms with Crippen molar-refractivity contribution in [1.82, 2.24) is 10.6 Å². The highest BCUT2D eigenvalue weighted by molar-refractivity contribution is 6.36. The zero-order valence-corrected chi connectivity index (χ0v) is 19.3. The highest BCUT2D eigenvalue weighted by Gasteiger charge is 2.25. The Hall–Kier alpha value is -3.30. The fourth-order valence-electron chi connectivity index (χ4n) is 3.26. The highest BCUT2D eigenvalue weighted by Crippen LogP contribution is 2.34. The Kier molecular flexibility index (Phi) is 8.13. The van der Waals surface area contributed by atoms with E-state index in [4.69, 9.17) is 27.9 Å². The highest BCUT2D eigenvalue weighted by atomic mass is 35.5. The molecule has 1 fully saturated rings. The van der Waals surface area contributed by atoms with Crippen LogP contribution in [0.3, 0.4) is 0 Å². The Labute approximate surface area is 200 Å². The monoisotopic (exact) mass is 492 g/mol. The molecule has 2 aromatic rings. The smallest absolute Gasteiger partial charge is 0.253 e. The molecule has 1 heterocycles. The summed E-state index contributed by atoms with van der Waals surface area (Å²) in [6, 6.07) is 9.33. The number of methoxy groups -OCH3 is 1. The number of rotatable bonds is 8. The van der Waals surface area contributed by atoms with Gasteiger partial charge in [0.2, 0.25) is 17.7 Å². The topological polar surface area (TPSA) is 117 Å². The van der Waals surface area contributed by atoms with Crippen molar-refractivity contribution in [3.05, 3.63) is 52.0 Å². The molecule has 4 amide bonds. The Morgan fingerprint density at radius 2 is 1.79 bits per heavy atom. The second kappa shape index (κ2) is 11.0. The molecule has 2 aromatic carbocycles. The van der Waals surface area contributed by atoms with E-state index in [1.807, 2.05) is 0 Å². The van der Waals surface area contributed by atoms with E-state index in [0.29, 0.717) is 35.1 Å². The molecule has 0 spiro atoms. The number of benzene rings is 2. The van der Waals surface area contributed by atoms with E-state index in [1.54, 1.807) is 23.1 Å². The standard InChI is InChI=1S/C22H22Cl2N4O5/c1-33-18-7-5-14(10-17(18)28-8-2-3-21(28)31)27-20(30)12-25-19(29)11-26-22(32)15-6-4-13(23)9-16(15)24/h4-7,9-10H,2-3,8,11-12H2,1H3,(H,25,29)(H,26,32)(H,27,30). The third-order valence-electron chi connectivity index (χ3n) is 4.86. The number of carbonyl (C=O) groups excluding carboxylic acids is 4. The fraction of sp³-hybridized carbons (Fsp3) is 0.273. The quantitative estimate of drug-likeness (QED) is 0.523. The van der Waals surface area contributed by atoms with E-state index >= 15 is 0 Å². The van der Waals surface area contributed by atoms with Crippen LogP contribution in [0.25, 0.3) is 0 Å². The van der Waals surface area contributed by atoms with Gasteiger partial charge in [-0.1, -0.05) is 23.2 Å². The van der Waals surface area contributed by atoms with Crippen LogP contribution in [-0.4, -0.2) is 50.4 Å². The molecule has 11 heteroatoms. The summed E-state index contributed by atoms with van der Waals surface area (Å²) in [5.41, 5.74) is 1.21. The van der Waals surface area contributed by atoms with Crippen LogP contribution in [0.2, 0.25) is 10.0 Å². The summed E-state index contributed by atoms with van der Waals surface area (Å²) >= 11 is 11.8. The molecule has 0 aromatic heterocycles. The van der Waals surface area contributed by atoms with Crippen molar-refractivity contribution in [1.29, 1.82) is 0 Å². The Morgan fingerprint density at radius 3 is 2.45 bits per heavy atom. The molecule has 1 aliphatic rings. The Balaban J connectivity index is 1.50. The summed E-state index contributed by atoms with van der Waals surface area (Å²) in [4.78, 5) is 50.1. The number of amides is 4. The molecule has 174 valence electrons. The van der Waals surface area contributed by atoms with Crippen molar-refractivity contribution in [2.75, 3.05) is 37.0 Å². The van der Waals surface area contributed by atoms with Crippen LogP contribution in [0.1, 0.15) is 23.2 Å². The number of halogens is 2. The molecule has 3 rings (SSSR count). The zero-order valence-electron chi connectivity index (χ0n) is 17.7. The van der Waals surface area contributed by atoms with E-state index < -0.39 is 17.7 Å². The van der Waals surface area contributed by atoms with Gasteiger partial charge in [0.1, 0.15) is 5.75 Å². The van der Waals surface area contributed by atoms with Gasteiger partial charge in [0.05, 0.1) is 36.5 Å². The number of carbonyl (C=O) groups is 4. The molecular weight excluding hydrogens is 471 g/mol. The first kappa shape index (κ1) is 24.3. The van der Waals surface area contributed by atoms with E-state index in [2.05, 4.69) is 16.0 Å². The predicted octanol–water partition coefficient (Wildman–Crippen LogP) is 2.61. The van der Waals surface area contributed by atoms with E-state index in [-0.39, 0.29) is 29.6 Å². The maximum Gasteiger partial charge on any atom is 0.253 e. The van der Waals surface area contributed by atoms with Crippen LogP contribution in [0.5, 0.6) is 5.75 Å².